The number of hydrogen-bond acceptors (Lipinski definition) is 9. The summed E-state index contributed by atoms with van der Waals surface area (Å²) in [4.78, 5) is 41.8. The summed E-state index contributed by atoms with van der Waals surface area (Å²) < 4.78 is 10.8. The second-order valence-electron chi connectivity index (χ2n) is 14.5. The molecule has 0 bridgehead atoms. The zero-order chi connectivity index (χ0) is 36.5. The zero-order valence-corrected chi connectivity index (χ0v) is 30.1. The highest BCUT2D eigenvalue weighted by Crippen LogP contribution is 2.29. The maximum absolute atomic E-state index is 13.8. The summed E-state index contributed by atoms with van der Waals surface area (Å²) >= 11 is 0. The van der Waals surface area contributed by atoms with Gasteiger partial charge in [0.15, 0.2) is 0 Å². The van der Waals surface area contributed by atoms with Crippen molar-refractivity contribution in [1.82, 2.24) is 31.3 Å². The van der Waals surface area contributed by atoms with Crippen molar-refractivity contribution in [3.8, 4) is 22.5 Å². The first-order valence-electron chi connectivity index (χ1n) is 18.0. The molecule has 2 fully saturated rings. The van der Waals surface area contributed by atoms with Crippen LogP contribution >= 0.6 is 0 Å². The maximum atomic E-state index is 13.8. The van der Waals surface area contributed by atoms with Gasteiger partial charge in [-0.15, -0.1) is 10.2 Å². The molecule has 3 aromatic carbocycles. The average Bonchev–Trinajstić information content (AvgIpc) is 3.70. The molecular formula is C39H48N8O5. The quantitative estimate of drug-likeness (QED) is 0.161. The highest BCUT2D eigenvalue weighted by molar-refractivity contribution is 5.97. The number of carbonyl (C=O) groups excluding carboxylic acids is 3. The van der Waals surface area contributed by atoms with Gasteiger partial charge in [0.05, 0.1) is 13.2 Å². The highest BCUT2D eigenvalue weighted by atomic mass is 16.6. The molecule has 1 atom stereocenters. The number of alkyl carbamates (subject to hydrolysis) is 1. The lowest BCUT2D eigenvalue weighted by atomic mass is 9.81. The number of aromatic nitrogens is 4. The van der Waals surface area contributed by atoms with Gasteiger partial charge in [-0.3, -0.25) is 9.59 Å². The normalized spacial score (nSPS) is 18.2. The van der Waals surface area contributed by atoms with E-state index in [1.165, 1.54) is 5.69 Å². The summed E-state index contributed by atoms with van der Waals surface area (Å²) in [7, 11) is 0. The summed E-state index contributed by atoms with van der Waals surface area (Å²) in [5, 5.41) is 23.0. The number of morpholine rings is 1. The number of H-pyrrole nitrogens is 1. The van der Waals surface area contributed by atoms with Crippen molar-refractivity contribution in [3.63, 3.8) is 0 Å². The third-order valence-corrected chi connectivity index (χ3v) is 9.51. The Kier molecular flexibility index (Phi) is 11.8. The zero-order valence-electron chi connectivity index (χ0n) is 30.1. The minimum Gasteiger partial charge on any atom is -0.444 e. The third kappa shape index (κ3) is 10.2. The molecule has 2 aliphatic rings. The average molecular weight is 709 g/mol. The lowest BCUT2D eigenvalue weighted by Gasteiger charge is -2.29. The number of amides is 3. The number of nitrogens with one attached hydrogen (secondary N) is 4. The second kappa shape index (κ2) is 16.8. The van der Waals surface area contributed by atoms with E-state index in [4.69, 9.17) is 9.47 Å². The Bertz CT molecular complexity index is 1760. The molecule has 1 aliphatic heterocycles. The fraction of sp³-hybridized carbons (Fsp3) is 0.436. The van der Waals surface area contributed by atoms with Crippen LogP contribution in [0.4, 0.5) is 16.2 Å². The first-order chi connectivity index (χ1) is 25.1. The fourth-order valence-electron chi connectivity index (χ4n) is 6.64. The van der Waals surface area contributed by atoms with Crippen LogP contribution in [0.25, 0.3) is 22.5 Å². The van der Waals surface area contributed by atoms with Crippen LogP contribution < -0.4 is 20.9 Å². The van der Waals surface area contributed by atoms with Gasteiger partial charge in [-0.25, -0.2) is 4.79 Å². The summed E-state index contributed by atoms with van der Waals surface area (Å²) in [5.74, 6) is 0.0574. The predicted octanol–water partition coefficient (Wildman–Crippen LogP) is 5.37. The van der Waals surface area contributed by atoms with Crippen LogP contribution in [0.3, 0.4) is 0 Å². The number of tetrazole rings is 1. The van der Waals surface area contributed by atoms with Crippen LogP contribution in [-0.4, -0.2) is 83.0 Å². The molecule has 1 saturated carbocycles. The van der Waals surface area contributed by atoms with Crippen molar-refractivity contribution in [1.29, 1.82) is 0 Å². The minimum atomic E-state index is -0.797. The molecule has 0 unspecified atom stereocenters. The van der Waals surface area contributed by atoms with E-state index in [9.17, 15) is 14.4 Å². The lowest BCUT2D eigenvalue weighted by Crippen LogP contribution is -2.48. The van der Waals surface area contributed by atoms with Crippen molar-refractivity contribution < 1.29 is 23.9 Å². The highest BCUT2D eigenvalue weighted by Gasteiger charge is 2.30. The number of aromatic amines is 1. The van der Waals surface area contributed by atoms with Gasteiger partial charge in [0.2, 0.25) is 17.6 Å². The minimum absolute atomic E-state index is 0.136. The Morgan fingerprint density at radius 3 is 2.13 bits per heavy atom. The van der Waals surface area contributed by atoms with Crippen LogP contribution in [0.5, 0.6) is 0 Å². The van der Waals surface area contributed by atoms with Gasteiger partial charge < -0.3 is 30.3 Å². The van der Waals surface area contributed by atoms with E-state index in [0.29, 0.717) is 37.3 Å². The molecule has 52 heavy (non-hydrogen) atoms. The van der Waals surface area contributed by atoms with Gasteiger partial charge in [-0.1, -0.05) is 36.4 Å². The number of ether oxygens (including phenoxy) is 2. The molecule has 4 aromatic rings. The number of benzene rings is 3. The van der Waals surface area contributed by atoms with Gasteiger partial charge >= 0.3 is 6.09 Å². The Morgan fingerprint density at radius 2 is 1.52 bits per heavy atom. The Hall–Kier alpha value is -5.30. The van der Waals surface area contributed by atoms with Crippen molar-refractivity contribution in [3.05, 3.63) is 78.4 Å². The number of rotatable bonds is 11. The maximum Gasteiger partial charge on any atom is 0.407 e. The summed E-state index contributed by atoms with van der Waals surface area (Å²) in [5.41, 5.74) is 5.07. The van der Waals surface area contributed by atoms with Crippen molar-refractivity contribution in [2.45, 2.75) is 64.5 Å². The summed E-state index contributed by atoms with van der Waals surface area (Å²) in [6.07, 6.45) is 2.85. The van der Waals surface area contributed by atoms with Crippen molar-refractivity contribution in [2.75, 3.05) is 43.1 Å². The summed E-state index contributed by atoms with van der Waals surface area (Å²) in [6.45, 7) is 9.27. The smallest absolute Gasteiger partial charge is 0.407 e. The van der Waals surface area contributed by atoms with Gasteiger partial charge in [-0.05, 0) is 111 Å². The monoisotopic (exact) mass is 708 g/mol. The lowest BCUT2D eigenvalue weighted by molar-refractivity contribution is -0.130. The van der Waals surface area contributed by atoms with E-state index in [1.54, 1.807) is 24.3 Å². The molecule has 1 saturated heterocycles. The number of hydrogen-bond donors (Lipinski definition) is 4. The van der Waals surface area contributed by atoms with E-state index >= 15 is 0 Å². The summed E-state index contributed by atoms with van der Waals surface area (Å²) in [6, 6.07) is 23.0. The van der Waals surface area contributed by atoms with Crippen LogP contribution in [0.2, 0.25) is 0 Å². The second-order valence-corrected chi connectivity index (χ2v) is 14.5. The predicted molar refractivity (Wildman–Crippen MR) is 198 cm³/mol. The molecular weight excluding hydrogens is 660 g/mol. The molecule has 6 rings (SSSR count). The molecule has 13 heteroatoms. The van der Waals surface area contributed by atoms with E-state index < -0.39 is 17.7 Å². The van der Waals surface area contributed by atoms with Gasteiger partial charge in [-0.2, -0.15) is 5.21 Å². The SMILES string of the molecule is CC(C)(C)OC(=O)NCC1CCC(C(=O)N[C@@H](Cc2ccc(-c3ccc(N4CCOCC4)cc3)cc2)C(=O)Nc2ccc(-c3nn[nH]n3)cc2)CC1. The molecule has 13 nitrogen and oxygen atoms in total. The van der Waals surface area contributed by atoms with Crippen LogP contribution in [0.1, 0.15) is 52.0 Å². The Balaban J connectivity index is 1.09. The van der Waals surface area contributed by atoms with Gasteiger partial charge in [0, 0.05) is 48.9 Å². The van der Waals surface area contributed by atoms with Crippen molar-refractivity contribution in [2.24, 2.45) is 11.8 Å². The number of nitrogens with zero attached hydrogens (tertiary/aromatic N) is 4. The Morgan fingerprint density at radius 1 is 0.885 bits per heavy atom. The van der Waals surface area contributed by atoms with Crippen molar-refractivity contribution >= 4 is 29.3 Å². The van der Waals surface area contributed by atoms with Crippen LogP contribution in [0, 0.1) is 11.8 Å². The van der Waals surface area contributed by atoms with Gasteiger partial charge in [0.1, 0.15) is 11.6 Å². The molecule has 274 valence electrons. The third-order valence-electron chi connectivity index (χ3n) is 9.51. The first kappa shape index (κ1) is 36.5. The molecule has 2 heterocycles. The molecule has 0 radical (unpaired) electrons. The molecule has 1 aliphatic carbocycles. The topological polar surface area (TPSA) is 163 Å². The largest absolute Gasteiger partial charge is 0.444 e. The van der Waals surface area contributed by atoms with Gasteiger partial charge in [0.25, 0.3) is 0 Å². The fourth-order valence-corrected chi connectivity index (χ4v) is 6.64. The molecule has 4 N–H and O–H groups in total. The van der Waals surface area contributed by atoms with Crippen LogP contribution in [0.15, 0.2) is 72.8 Å². The van der Waals surface area contributed by atoms with E-state index in [-0.39, 0.29) is 23.7 Å². The number of carbonyl (C=O) groups is 3. The van der Waals surface area contributed by atoms with Crippen LogP contribution in [-0.2, 0) is 25.5 Å². The molecule has 3 amide bonds. The number of anilines is 2. The van der Waals surface area contributed by atoms with E-state index in [2.05, 4.69) is 77.9 Å². The molecule has 0 spiro atoms. The van der Waals surface area contributed by atoms with E-state index in [1.807, 2.05) is 32.9 Å². The van der Waals surface area contributed by atoms with E-state index in [0.717, 1.165) is 61.4 Å². The molecule has 1 aromatic heterocycles. The first-order valence-corrected chi connectivity index (χ1v) is 18.0. The standard InChI is InChI=1S/C39H48N8O5/c1-39(2,3)52-38(50)40-25-27-6-10-31(11-7-27)36(48)42-34(37(49)41-32-16-12-30(13-17-32)35-43-45-46-44-35)24-26-4-8-28(9-5-26)29-14-18-33(19-15-29)47-20-22-51-23-21-47/h4-5,8-9,12-19,27,31,34H,6-7,10-11,20-25H2,1-3H3,(H,40,50)(H,41,49)(H,42,48)(H,43,44,45,46)/t27?,31?,34-/m0/s1. The Labute approximate surface area is 304 Å².